The quantitative estimate of drug-likeness (QED) is 0.405. The van der Waals surface area contributed by atoms with Crippen molar-refractivity contribution >= 4 is 34.6 Å². The number of carbonyl (C=O) groups excluding carboxylic acids is 2. The summed E-state index contributed by atoms with van der Waals surface area (Å²) >= 11 is 0. The van der Waals surface area contributed by atoms with Crippen LogP contribution in [0.4, 0.5) is 22.7 Å². The summed E-state index contributed by atoms with van der Waals surface area (Å²) in [5, 5.41) is 17.2. The predicted octanol–water partition coefficient (Wildman–Crippen LogP) is 4.99. The first kappa shape index (κ1) is 22.1. The number of hydrogen-bond acceptors (Lipinski definition) is 6. The Balaban J connectivity index is 1.48. The second kappa shape index (κ2) is 9.56. The second-order valence-electron chi connectivity index (χ2n) is 7.92. The van der Waals surface area contributed by atoms with Gasteiger partial charge >= 0.3 is 0 Å². The SMILES string of the molecule is Cc1cc(NC(=O)c2ccc(N3CCCCC3)c([N+](=O)[O-])c2)ccc1NC(=O)c1ccco1. The number of nitro groups is 1. The molecule has 1 saturated heterocycles. The second-order valence-corrected chi connectivity index (χ2v) is 7.92. The zero-order valence-electron chi connectivity index (χ0n) is 18.2. The molecule has 0 spiro atoms. The Morgan fingerprint density at radius 1 is 1.00 bits per heavy atom. The van der Waals surface area contributed by atoms with Crippen molar-refractivity contribution in [3.05, 3.63) is 81.8 Å². The normalized spacial score (nSPS) is 13.4. The molecular formula is C24H24N4O5. The van der Waals surface area contributed by atoms with Gasteiger partial charge in [0, 0.05) is 36.1 Å². The first-order chi connectivity index (χ1) is 15.9. The fraction of sp³-hybridized carbons (Fsp3) is 0.250. The van der Waals surface area contributed by atoms with Gasteiger partial charge in [-0.3, -0.25) is 19.7 Å². The van der Waals surface area contributed by atoms with Gasteiger partial charge in [-0.15, -0.1) is 0 Å². The molecule has 2 N–H and O–H groups in total. The Kier molecular flexibility index (Phi) is 6.39. The number of nitro benzene ring substituents is 1. The molecule has 0 radical (unpaired) electrons. The molecule has 4 rings (SSSR count). The number of benzene rings is 2. The molecule has 2 amide bonds. The van der Waals surface area contributed by atoms with Crippen molar-refractivity contribution in [3.63, 3.8) is 0 Å². The summed E-state index contributed by atoms with van der Waals surface area (Å²) in [6.07, 6.45) is 4.53. The van der Waals surface area contributed by atoms with Crippen LogP contribution in [0.5, 0.6) is 0 Å². The number of rotatable bonds is 6. The van der Waals surface area contributed by atoms with Crippen LogP contribution in [0.15, 0.2) is 59.2 Å². The summed E-state index contributed by atoms with van der Waals surface area (Å²) in [5.74, 6) is -0.627. The zero-order valence-corrected chi connectivity index (χ0v) is 18.2. The van der Waals surface area contributed by atoms with E-state index in [2.05, 4.69) is 10.6 Å². The molecule has 33 heavy (non-hydrogen) atoms. The van der Waals surface area contributed by atoms with E-state index in [0.717, 1.165) is 37.9 Å². The Morgan fingerprint density at radius 2 is 1.79 bits per heavy atom. The number of carbonyl (C=O) groups is 2. The van der Waals surface area contributed by atoms with Crippen LogP contribution in [0.25, 0.3) is 0 Å². The molecule has 1 fully saturated rings. The van der Waals surface area contributed by atoms with Gasteiger partial charge in [0.15, 0.2) is 5.76 Å². The van der Waals surface area contributed by atoms with E-state index in [1.807, 2.05) is 4.90 Å². The van der Waals surface area contributed by atoms with Crippen LogP contribution < -0.4 is 15.5 Å². The van der Waals surface area contributed by atoms with Crippen molar-refractivity contribution in [1.29, 1.82) is 0 Å². The summed E-state index contributed by atoms with van der Waals surface area (Å²) in [6, 6.07) is 12.8. The van der Waals surface area contributed by atoms with E-state index in [1.165, 1.54) is 12.3 Å². The molecule has 0 aliphatic carbocycles. The molecule has 0 saturated carbocycles. The lowest BCUT2D eigenvalue weighted by atomic mass is 10.1. The highest BCUT2D eigenvalue weighted by Gasteiger charge is 2.23. The van der Waals surface area contributed by atoms with Crippen molar-refractivity contribution in [2.45, 2.75) is 26.2 Å². The molecule has 1 aromatic heterocycles. The van der Waals surface area contributed by atoms with Crippen molar-refractivity contribution in [2.75, 3.05) is 28.6 Å². The fourth-order valence-corrected chi connectivity index (χ4v) is 3.89. The highest BCUT2D eigenvalue weighted by atomic mass is 16.6. The van der Waals surface area contributed by atoms with Gasteiger partial charge in [-0.1, -0.05) is 0 Å². The molecule has 170 valence electrons. The number of aryl methyl sites for hydroxylation is 1. The molecule has 2 heterocycles. The Bertz CT molecular complexity index is 1180. The first-order valence-corrected chi connectivity index (χ1v) is 10.7. The van der Waals surface area contributed by atoms with E-state index in [9.17, 15) is 19.7 Å². The van der Waals surface area contributed by atoms with Gasteiger partial charge in [-0.25, -0.2) is 0 Å². The van der Waals surface area contributed by atoms with Gasteiger partial charge in [-0.2, -0.15) is 0 Å². The predicted molar refractivity (Wildman–Crippen MR) is 125 cm³/mol. The maximum absolute atomic E-state index is 12.8. The maximum atomic E-state index is 12.8. The van der Waals surface area contributed by atoms with Gasteiger partial charge in [0.25, 0.3) is 17.5 Å². The number of hydrogen-bond donors (Lipinski definition) is 2. The largest absolute Gasteiger partial charge is 0.459 e. The summed E-state index contributed by atoms with van der Waals surface area (Å²) in [5.41, 5.74) is 2.50. The summed E-state index contributed by atoms with van der Waals surface area (Å²) in [6.45, 7) is 3.34. The fourth-order valence-electron chi connectivity index (χ4n) is 3.89. The summed E-state index contributed by atoms with van der Waals surface area (Å²) in [4.78, 5) is 38.2. The standard InChI is InChI=1S/C24H24N4O5/c1-16-14-18(8-9-19(16)26-24(30)22-6-5-13-33-22)25-23(29)17-7-10-20(21(15-17)28(31)32)27-11-3-2-4-12-27/h5-10,13-15H,2-4,11-12H2,1H3,(H,25,29)(H,26,30). The summed E-state index contributed by atoms with van der Waals surface area (Å²) in [7, 11) is 0. The number of furan rings is 1. The van der Waals surface area contributed by atoms with Gasteiger partial charge in [-0.05, 0) is 74.2 Å². The monoisotopic (exact) mass is 448 g/mol. The third-order valence-electron chi connectivity index (χ3n) is 5.61. The van der Waals surface area contributed by atoms with Gasteiger partial charge in [0.1, 0.15) is 5.69 Å². The topological polar surface area (TPSA) is 118 Å². The molecule has 1 aliphatic rings. The minimum Gasteiger partial charge on any atom is -0.459 e. The molecule has 9 heteroatoms. The van der Waals surface area contributed by atoms with Crippen molar-refractivity contribution in [2.24, 2.45) is 0 Å². The van der Waals surface area contributed by atoms with Crippen LogP contribution in [0.2, 0.25) is 0 Å². The third kappa shape index (κ3) is 5.03. The van der Waals surface area contributed by atoms with E-state index in [4.69, 9.17) is 4.42 Å². The molecule has 0 bridgehead atoms. The van der Waals surface area contributed by atoms with E-state index in [1.54, 1.807) is 49.4 Å². The van der Waals surface area contributed by atoms with E-state index >= 15 is 0 Å². The van der Waals surface area contributed by atoms with Crippen LogP contribution in [0, 0.1) is 17.0 Å². The highest BCUT2D eigenvalue weighted by Crippen LogP contribution is 2.31. The van der Waals surface area contributed by atoms with Gasteiger partial charge in [0.05, 0.1) is 11.2 Å². The molecule has 9 nitrogen and oxygen atoms in total. The van der Waals surface area contributed by atoms with E-state index in [0.29, 0.717) is 17.1 Å². The lowest BCUT2D eigenvalue weighted by Crippen LogP contribution is -2.30. The van der Waals surface area contributed by atoms with Crippen molar-refractivity contribution in [1.82, 2.24) is 0 Å². The Morgan fingerprint density at radius 3 is 2.45 bits per heavy atom. The molecule has 1 aliphatic heterocycles. The zero-order chi connectivity index (χ0) is 23.4. The lowest BCUT2D eigenvalue weighted by Gasteiger charge is -2.28. The molecule has 3 aromatic rings. The molecule has 0 unspecified atom stereocenters. The van der Waals surface area contributed by atoms with Crippen molar-refractivity contribution < 1.29 is 18.9 Å². The molecular weight excluding hydrogens is 424 g/mol. The third-order valence-corrected chi connectivity index (χ3v) is 5.61. The van der Waals surface area contributed by atoms with E-state index < -0.39 is 10.8 Å². The Hall–Kier alpha value is -4.14. The summed E-state index contributed by atoms with van der Waals surface area (Å²) < 4.78 is 5.09. The molecule has 2 aromatic carbocycles. The van der Waals surface area contributed by atoms with Gasteiger partial charge < -0.3 is 20.0 Å². The number of nitrogens with zero attached hydrogens (tertiary/aromatic N) is 2. The van der Waals surface area contributed by atoms with Crippen LogP contribution in [-0.4, -0.2) is 29.8 Å². The average molecular weight is 448 g/mol. The number of nitrogens with one attached hydrogen (secondary N) is 2. The number of anilines is 3. The first-order valence-electron chi connectivity index (χ1n) is 10.7. The van der Waals surface area contributed by atoms with Crippen LogP contribution in [0.3, 0.4) is 0 Å². The average Bonchev–Trinajstić information content (AvgIpc) is 3.36. The molecule has 0 atom stereocenters. The smallest absolute Gasteiger partial charge is 0.293 e. The maximum Gasteiger partial charge on any atom is 0.293 e. The Labute approximate surface area is 190 Å². The highest BCUT2D eigenvalue weighted by molar-refractivity contribution is 6.06. The van der Waals surface area contributed by atoms with Crippen LogP contribution in [0.1, 0.15) is 45.7 Å². The van der Waals surface area contributed by atoms with Crippen LogP contribution in [-0.2, 0) is 0 Å². The lowest BCUT2D eigenvalue weighted by molar-refractivity contribution is -0.384. The van der Waals surface area contributed by atoms with Gasteiger partial charge in [0.2, 0.25) is 0 Å². The number of amides is 2. The van der Waals surface area contributed by atoms with Crippen molar-refractivity contribution in [3.8, 4) is 0 Å². The minimum absolute atomic E-state index is 0.0725. The minimum atomic E-state index is -0.449. The van der Waals surface area contributed by atoms with Crippen LogP contribution >= 0.6 is 0 Å². The number of piperidine rings is 1. The van der Waals surface area contributed by atoms with E-state index in [-0.39, 0.29) is 22.9 Å².